The van der Waals surface area contributed by atoms with Gasteiger partial charge >= 0.3 is 0 Å². The molecule has 0 radical (unpaired) electrons. The normalized spacial score (nSPS) is 16.5. The third-order valence-electron chi connectivity index (χ3n) is 4.87. The molecule has 0 spiro atoms. The Kier molecular flexibility index (Phi) is 4.83. The molecule has 0 N–H and O–H groups in total. The lowest BCUT2D eigenvalue weighted by molar-refractivity contribution is -0.131. The number of sulfonamides is 1. The van der Waals surface area contributed by atoms with Gasteiger partial charge in [-0.1, -0.05) is 6.07 Å². The summed E-state index contributed by atoms with van der Waals surface area (Å²) in [5.74, 6) is 1.07. The smallest absolute Gasteiger partial charge is 0.227 e. The molecule has 0 atom stereocenters. The van der Waals surface area contributed by atoms with Crippen molar-refractivity contribution in [2.75, 3.05) is 31.9 Å². The molecular weight excluding hydrogens is 340 g/mol. The molecule has 0 unspecified atom stereocenters. The van der Waals surface area contributed by atoms with Crippen molar-refractivity contribution < 1.29 is 13.2 Å². The molecular formula is C17H24N4O3S. The van der Waals surface area contributed by atoms with Crippen LogP contribution in [-0.2, 0) is 28.3 Å². The molecule has 25 heavy (non-hydrogen) atoms. The topological polar surface area (TPSA) is 75.5 Å². The molecule has 136 valence electrons. The number of carbonyl (C=O) groups is 1. The van der Waals surface area contributed by atoms with Gasteiger partial charge in [0.25, 0.3) is 0 Å². The SMILES string of the molecule is CCS(=O)(=O)N1CCN(C(=O)Cc2ccc3c(c2)nc(C)n3C)CC1. The van der Waals surface area contributed by atoms with Crippen LogP contribution in [0, 0.1) is 6.92 Å². The number of carbonyl (C=O) groups excluding carboxylic acids is 1. The van der Waals surface area contributed by atoms with Crippen LogP contribution >= 0.6 is 0 Å². The van der Waals surface area contributed by atoms with Crippen molar-refractivity contribution >= 4 is 27.0 Å². The van der Waals surface area contributed by atoms with Crippen LogP contribution in [0.15, 0.2) is 18.2 Å². The number of hydrogen-bond donors (Lipinski definition) is 0. The molecule has 0 aliphatic carbocycles. The third kappa shape index (κ3) is 3.55. The van der Waals surface area contributed by atoms with Gasteiger partial charge in [0.1, 0.15) is 5.82 Å². The second kappa shape index (κ2) is 6.76. The van der Waals surface area contributed by atoms with Gasteiger partial charge in [-0.3, -0.25) is 4.79 Å². The fraction of sp³-hybridized carbons (Fsp3) is 0.529. The van der Waals surface area contributed by atoms with Crippen molar-refractivity contribution in [3.05, 3.63) is 29.6 Å². The lowest BCUT2D eigenvalue weighted by Crippen LogP contribution is -2.51. The standard InChI is InChI=1S/C17H24N4O3S/c1-4-25(23,24)21-9-7-20(8-10-21)17(22)12-14-5-6-16-15(11-14)18-13(2)19(16)3/h5-6,11H,4,7-10,12H2,1-3H3. The summed E-state index contributed by atoms with van der Waals surface area (Å²) in [7, 11) is -1.20. The van der Waals surface area contributed by atoms with Gasteiger partial charge in [0.15, 0.2) is 0 Å². The first-order valence-corrected chi connectivity index (χ1v) is 10.1. The van der Waals surface area contributed by atoms with Crippen LogP contribution in [0.3, 0.4) is 0 Å². The Morgan fingerprint density at radius 2 is 1.88 bits per heavy atom. The van der Waals surface area contributed by atoms with Gasteiger partial charge in [0.05, 0.1) is 23.2 Å². The summed E-state index contributed by atoms with van der Waals surface area (Å²) in [6.45, 7) is 5.24. The van der Waals surface area contributed by atoms with Crippen LogP contribution in [0.4, 0.5) is 0 Å². The summed E-state index contributed by atoms with van der Waals surface area (Å²) in [5.41, 5.74) is 2.87. The molecule has 7 nitrogen and oxygen atoms in total. The van der Waals surface area contributed by atoms with Crippen LogP contribution in [0.5, 0.6) is 0 Å². The monoisotopic (exact) mass is 364 g/mol. The first-order valence-electron chi connectivity index (χ1n) is 8.49. The highest BCUT2D eigenvalue weighted by atomic mass is 32.2. The number of hydrogen-bond acceptors (Lipinski definition) is 4. The van der Waals surface area contributed by atoms with E-state index in [2.05, 4.69) is 4.98 Å². The lowest BCUT2D eigenvalue weighted by atomic mass is 10.1. The van der Waals surface area contributed by atoms with Crippen molar-refractivity contribution in [1.82, 2.24) is 18.8 Å². The predicted octanol–water partition coefficient (Wildman–Crippen LogP) is 0.918. The number of benzene rings is 1. The van der Waals surface area contributed by atoms with Crippen LogP contribution in [0.2, 0.25) is 0 Å². The summed E-state index contributed by atoms with van der Waals surface area (Å²) >= 11 is 0. The molecule has 0 bridgehead atoms. The number of aromatic nitrogens is 2. The van der Waals surface area contributed by atoms with E-state index in [1.165, 1.54) is 4.31 Å². The maximum Gasteiger partial charge on any atom is 0.227 e. The number of fused-ring (bicyclic) bond motifs is 1. The average Bonchev–Trinajstić information content (AvgIpc) is 2.88. The van der Waals surface area contributed by atoms with E-state index in [0.717, 1.165) is 22.4 Å². The molecule has 1 amide bonds. The highest BCUT2D eigenvalue weighted by molar-refractivity contribution is 7.89. The zero-order valence-corrected chi connectivity index (χ0v) is 15.7. The van der Waals surface area contributed by atoms with E-state index in [-0.39, 0.29) is 11.7 Å². The Hall–Kier alpha value is -1.93. The molecule has 1 aliphatic rings. The minimum absolute atomic E-state index is 0.0283. The number of amides is 1. The van der Waals surface area contributed by atoms with E-state index in [1.54, 1.807) is 11.8 Å². The Balaban J connectivity index is 1.65. The quantitative estimate of drug-likeness (QED) is 0.808. The van der Waals surface area contributed by atoms with Crippen molar-refractivity contribution in [1.29, 1.82) is 0 Å². The van der Waals surface area contributed by atoms with E-state index in [1.807, 2.05) is 36.7 Å². The van der Waals surface area contributed by atoms with Gasteiger partial charge in [0, 0.05) is 33.2 Å². The molecule has 3 rings (SSSR count). The molecule has 1 saturated heterocycles. The zero-order valence-electron chi connectivity index (χ0n) is 14.9. The predicted molar refractivity (Wildman–Crippen MR) is 96.8 cm³/mol. The molecule has 2 aromatic rings. The summed E-state index contributed by atoms with van der Waals surface area (Å²) in [4.78, 5) is 18.8. The Morgan fingerprint density at radius 3 is 2.52 bits per heavy atom. The van der Waals surface area contributed by atoms with Crippen LogP contribution in [0.25, 0.3) is 11.0 Å². The van der Waals surface area contributed by atoms with Crippen molar-refractivity contribution in [3.63, 3.8) is 0 Å². The van der Waals surface area contributed by atoms with Crippen LogP contribution < -0.4 is 0 Å². The highest BCUT2D eigenvalue weighted by Gasteiger charge is 2.27. The van der Waals surface area contributed by atoms with Gasteiger partial charge in [-0.05, 0) is 31.5 Å². The number of piperazine rings is 1. The molecule has 1 aromatic carbocycles. The van der Waals surface area contributed by atoms with E-state index in [4.69, 9.17) is 0 Å². The van der Waals surface area contributed by atoms with Gasteiger partial charge in [-0.15, -0.1) is 0 Å². The second-order valence-electron chi connectivity index (χ2n) is 6.40. The average molecular weight is 364 g/mol. The van der Waals surface area contributed by atoms with E-state index < -0.39 is 10.0 Å². The largest absolute Gasteiger partial charge is 0.340 e. The van der Waals surface area contributed by atoms with E-state index in [0.29, 0.717) is 32.6 Å². The molecule has 1 aromatic heterocycles. The van der Waals surface area contributed by atoms with Crippen LogP contribution in [-0.4, -0.2) is 65.0 Å². The summed E-state index contributed by atoms with van der Waals surface area (Å²) in [6, 6.07) is 5.90. The first kappa shape index (κ1) is 17.9. The molecule has 2 heterocycles. The summed E-state index contributed by atoms with van der Waals surface area (Å²) < 4.78 is 27.3. The number of aryl methyl sites for hydroxylation is 2. The third-order valence-corrected chi connectivity index (χ3v) is 6.76. The Bertz CT molecular complexity index is 896. The molecule has 0 saturated carbocycles. The fourth-order valence-electron chi connectivity index (χ4n) is 3.16. The number of rotatable bonds is 4. The minimum atomic E-state index is -3.17. The molecule has 1 aliphatic heterocycles. The fourth-order valence-corrected chi connectivity index (χ4v) is 4.25. The van der Waals surface area contributed by atoms with E-state index >= 15 is 0 Å². The van der Waals surface area contributed by atoms with Crippen molar-refractivity contribution in [3.8, 4) is 0 Å². The van der Waals surface area contributed by atoms with Gasteiger partial charge in [-0.2, -0.15) is 4.31 Å². The highest BCUT2D eigenvalue weighted by Crippen LogP contribution is 2.17. The second-order valence-corrected chi connectivity index (χ2v) is 8.66. The molecule has 1 fully saturated rings. The number of nitrogens with zero attached hydrogens (tertiary/aromatic N) is 4. The van der Waals surface area contributed by atoms with Gasteiger partial charge in [0.2, 0.25) is 15.9 Å². The number of imidazole rings is 1. The maximum atomic E-state index is 12.5. The Labute approximate surface area is 148 Å². The summed E-state index contributed by atoms with van der Waals surface area (Å²) in [6.07, 6.45) is 0.312. The van der Waals surface area contributed by atoms with Gasteiger partial charge in [-0.25, -0.2) is 13.4 Å². The van der Waals surface area contributed by atoms with Crippen molar-refractivity contribution in [2.45, 2.75) is 20.3 Å². The van der Waals surface area contributed by atoms with E-state index in [9.17, 15) is 13.2 Å². The van der Waals surface area contributed by atoms with Crippen LogP contribution in [0.1, 0.15) is 18.3 Å². The Morgan fingerprint density at radius 1 is 1.20 bits per heavy atom. The minimum Gasteiger partial charge on any atom is -0.340 e. The first-order chi connectivity index (χ1) is 11.8. The molecule has 8 heteroatoms. The van der Waals surface area contributed by atoms with Gasteiger partial charge < -0.3 is 9.47 Å². The zero-order chi connectivity index (χ0) is 18.2. The lowest BCUT2D eigenvalue weighted by Gasteiger charge is -2.33. The van der Waals surface area contributed by atoms with Crippen molar-refractivity contribution in [2.24, 2.45) is 7.05 Å². The summed E-state index contributed by atoms with van der Waals surface area (Å²) in [5, 5.41) is 0. The maximum absolute atomic E-state index is 12.5.